The van der Waals surface area contributed by atoms with Gasteiger partial charge in [-0.15, -0.1) is 0 Å². The van der Waals surface area contributed by atoms with E-state index in [1.54, 1.807) is 12.1 Å². The lowest BCUT2D eigenvalue weighted by atomic mass is 9.84. The molecular weight excluding hydrogens is 422 g/mol. The van der Waals surface area contributed by atoms with Crippen LogP contribution >= 0.6 is 0 Å². The number of aromatic nitrogens is 1. The molecule has 0 bridgehead atoms. The molecule has 1 aromatic carbocycles. The average molecular weight is 456 g/mol. The molecule has 2 aromatic rings. The number of benzene rings is 1. The smallest absolute Gasteiger partial charge is 0.407 e. The third-order valence-electron chi connectivity index (χ3n) is 6.62. The van der Waals surface area contributed by atoms with E-state index in [1.807, 2.05) is 17.0 Å². The molecule has 1 N–H and O–H groups in total. The molecule has 1 aliphatic heterocycles. The quantitative estimate of drug-likeness (QED) is 0.442. The van der Waals surface area contributed by atoms with Gasteiger partial charge in [0.1, 0.15) is 11.6 Å². The summed E-state index contributed by atoms with van der Waals surface area (Å²) in [7, 11) is 0. The minimum atomic E-state index is -0.599. The van der Waals surface area contributed by atoms with E-state index in [0.717, 1.165) is 38.8 Å². The molecule has 2 aliphatic rings. The molecule has 1 atom stereocenters. The first-order chi connectivity index (χ1) is 16.1. The lowest BCUT2D eigenvalue weighted by Crippen LogP contribution is -2.49. The monoisotopic (exact) mass is 455 g/mol. The van der Waals surface area contributed by atoms with Crippen LogP contribution in [0.3, 0.4) is 0 Å². The van der Waals surface area contributed by atoms with Gasteiger partial charge in [0.15, 0.2) is 5.58 Å². The molecule has 1 saturated heterocycles. The molecule has 8 heteroatoms. The average Bonchev–Trinajstić information content (AvgIpc) is 3.52. The topological polar surface area (TPSA) is 102 Å². The lowest BCUT2D eigenvalue weighted by Gasteiger charge is -2.29. The Morgan fingerprint density at radius 2 is 1.85 bits per heavy atom. The summed E-state index contributed by atoms with van der Waals surface area (Å²) in [5.74, 6) is 0.310. The maximum Gasteiger partial charge on any atom is 0.407 e. The summed E-state index contributed by atoms with van der Waals surface area (Å²) in [5, 5.41) is 2.81. The zero-order valence-corrected chi connectivity index (χ0v) is 19.1. The number of fused-ring (bicyclic) bond motifs is 1. The molecular formula is C25H33N3O5. The molecule has 8 nitrogen and oxygen atoms in total. The van der Waals surface area contributed by atoms with Gasteiger partial charge < -0.3 is 19.4 Å². The molecule has 2 fully saturated rings. The normalized spacial score (nSPS) is 17.8. The fourth-order valence-electron chi connectivity index (χ4n) is 4.82. The van der Waals surface area contributed by atoms with Crippen molar-refractivity contribution in [2.45, 2.75) is 70.3 Å². The maximum absolute atomic E-state index is 13.0. The second-order valence-corrected chi connectivity index (χ2v) is 9.12. The van der Waals surface area contributed by atoms with E-state index < -0.39 is 12.1 Å². The van der Waals surface area contributed by atoms with Crippen LogP contribution in [-0.2, 0) is 9.53 Å². The predicted octanol–water partition coefficient (Wildman–Crippen LogP) is 4.48. The Kier molecular flexibility index (Phi) is 7.96. The van der Waals surface area contributed by atoms with Crippen LogP contribution in [0.25, 0.3) is 11.1 Å². The number of likely N-dealkylation sites (tertiary alicyclic amines) is 1. The standard InChI is InChI=1S/C25H33N3O5/c29-21(23-26-19-11-4-5-13-22(19)33-23)12-8-16-32-25(31)27-20(17-18-9-2-1-3-10-18)24(30)28-14-6-7-15-28/h4-5,11,13,18,20H,1-3,6-10,12,14-17H2,(H,27,31). The van der Waals surface area contributed by atoms with E-state index in [-0.39, 0.29) is 30.6 Å². The third kappa shape index (κ3) is 6.33. The van der Waals surface area contributed by atoms with Crippen molar-refractivity contribution in [2.75, 3.05) is 19.7 Å². The number of carbonyl (C=O) groups is 3. The van der Waals surface area contributed by atoms with Gasteiger partial charge in [0.05, 0.1) is 6.61 Å². The number of nitrogens with one attached hydrogen (secondary N) is 1. The molecule has 0 radical (unpaired) electrons. The number of oxazole rings is 1. The Hall–Kier alpha value is -2.90. The number of rotatable bonds is 9. The van der Waals surface area contributed by atoms with Crippen LogP contribution in [0.1, 0.15) is 74.9 Å². The Morgan fingerprint density at radius 3 is 2.61 bits per heavy atom. The van der Waals surface area contributed by atoms with Gasteiger partial charge in [-0.1, -0.05) is 44.2 Å². The first-order valence-electron chi connectivity index (χ1n) is 12.2. The summed E-state index contributed by atoms with van der Waals surface area (Å²) < 4.78 is 10.8. The van der Waals surface area contributed by atoms with Gasteiger partial charge in [-0.05, 0) is 43.7 Å². The van der Waals surface area contributed by atoms with E-state index in [4.69, 9.17) is 9.15 Å². The SMILES string of the molecule is O=C(NC(CC1CCCCC1)C(=O)N1CCCC1)OCCCC(=O)c1nc2ccccc2o1. The van der Waals surface area contributed by atoms with E-state index >= 15 is 0 Å². The number of amides is 2. The molecule has 2 heterocycles. The summed E-state index contributed by atoms with van der Waals surface area (Å²) in [5.41, 5.74) is 1.21. The van der Waals surface area contributed by atoms with Gasteiger partial charge in [0.2, 0.25) is 11.7 Å². The number of para-hydroxylation sites is 2. The molecule has 1 aliphatic carbocycles. The van der Waals surface area contributed by atoms with Crippen LogP contribution in [0.5, 0.6) is 0 Å². The minimum absolute atomic E-state index is 0.00108. The summed E-state index contributed by atoms with van der Waals surface area (Å²) in [4.78, 5) is 43.8. The van der Waals surface area contributed by atoms with Crippen molar-refractivity contribution < 1.29 is 23.5 Å². The van der Waals surface area contributed by atoms with Crippen LogP contribution < -0.4 is 5.32 Å². The summed E-state index contributed by atoms with van der Waals surface area (Å²) >= 11 is 0. The van der Waals surface area contributed by atoms with E-state index in [9.17, 15) is 14.4 Å². The largest absolute Gasteiger partial charge is 0.450 e. The molecule has 0 spiro atoms. The predicted molar refractivity (Wildman–Crippen MR) is 123 cm³/mol. The zero-order valence-electron chi connectivity index (χ0n) is 19.1. The molecule has 1 aromatic heterocycles. The van der Waals surface area contributed by atoms with Gasteiger partial charge in [0, 0.05) is 19.5 Å². The van der Waals surface area contributed by atoms with Crippen LogP contribution in [0.4, 0.5) is 4.79 Å². The highest BCUT2D eigenvalue weighted by Crippen LogP contribution is 2.28. The van der Waals surface area contributed by atoms with Gasteiger partial charge in [-0.2, -0.15) is 0 Å². The molecule has 1 unspecified atom stereocenters. The van der Waals surface area contributed by atoms with Crippen LogP contribution in [0, 0.1) is 5.92 Å². The van der Waals surface area contributed by atoms with E-state index in [2.05, 4.69) is 10.3 Å². The van der Waals surface area contributed by atoms with Crippen molar-refractivity contribution in [1.82, 2.24) is 15.2 Å². The van der Waals surface area contributed by atoms with Gasteiger partial charge in [0.25, 0.3) is 5.89 Å². The first kappa shape index (κ1) is 23.3. The van der Waals surface area contributed by atoms with Crippen LogP contribution in [-0.4, -0.2) is 53.4 Å². The minimum Gasteiger partial charge on any atom is -0.450 e. The fourth-order valence-corrected chi connectivity index (χ4v) is 4.82. The van der Waals surface area contributed by atoms with E-state index in [0.29, 0.717) is 29.9 Å². The number of nitrogens with zero attached hydrogens (tertiary/aromatic N) is 2. The highest BCUT2D eigenvalue weighted by atomic mass is 16.5. The van der Waals surface area contributed by atoms with Crippen molar-refractivity contribution in [3.8, 4) is 0 Å². The number of ether oxygens (including phenoxy) is 1. The summed E-state index contributed by atoms with van der Waals surface area (Å²) in [6, 6.07) is 6.67. The number of Topliss-reactive ketones (excluding diaryl/α,β-unsaturated/α-hetero) is 1. The number of hydrogen-bond donors (Lipinski definition) is 1. The molecule has 4 rings (SSSR count). The maximum atomic E-state index is 13.0. The molecule has 178 valence electrons. The van der Waals surface area contributed by atoms with Gasteiger partial charge in [-0.3, -0.25) is 9.59 Å². The number of carbonyl (C=O) groups excluding carboxylic acids is 3. The van der Waals surface area contributed by atoms with Gasteiger partial charge >= 0.3 is 6.09 Å². The fraction of sp³-hybridized carbons (Fsp3) is 0.600. The summed E-state index contributed by atoms with van der Waals surface area (Å²) in [6.45, 7) is 1.61. The molecule has 1 saturated carbocycles. The molecule has 2 amide bonds. The van der Waals surface area contributed by atoms with E-state index in [1.165, 1.54) is 19.3 Å². The Labute approximate surface area is 194 Å². The van der Waals surface area contributed by atoms with Crippen LogP contribution in [0.2, 0.25) is 0 Å². The first-order valence-corrected chi connectivity index (χ1v) is 12.2. The van der Waals surface area contributed by atoms with Crippen LogP contribution in [0.15, 0.2) is 28.7 Å². The highest BCUT2D eigenvalue weighted by molar-refractivity contribution is 5.94. The highest BCUT2D eigenvalue weighted by Gasteiger charge is 2.31. The summed E-state index contributed by atoms with van der Waals surface area (Å²) in [6.07, 6.45) is 8.47. The molecule has 33 heavy (non-hydrogen) atoms. The lowest BCUT2D eigenvalue weighted by molar-refractivity contribution is -0.132. The van der Waals surface area contributed by atoms with Gasteiger partial charge in [-0.25, -0.2) is 9.78 Å². The third-order valence-corrected chi connectivity index (χ3v) is 6.62. The Bertz CT molecular complexity index is 927. The van der Waals surface area contributed by atoms with Crippen molar-refractivity contribution in [1.29, 1.82) is 0 Å². The number of ketones is 1. The zero-order chi connectivity index (χ0) is 23.0. The van der Waals surface area contributed by atoms with Crippen molar-refractivity contribution in [3.63, 3.8) is 0 Å². The Morgan fingerprint density at radius 1 is 1.09 bits per heavy atom. The second-order valence-electron chi connectivity index (χ2n) is 9.12. The van der Waals surface area contributed by atoms with Crippen molar-refractivity contribution >= 4 is 28.9 Å². The second kappa shape index (κ2) is 11.3. The number of hydrogen-bond acceptors (Lipinski definition) is 6. The van der Waals surface area contributed by atoms with Crippen molar-refractivity contribution in [3.05, 3.63) is 30.2 Å². The van der Waals surface area contributed by atoms with Crippen molar-refractivity contribution in [2.24, 2.45) is 5.92 Å². The number of alkyl carbamates (subject to hydrolysis) is 1. The Balaban J connectivity index is 1.24.